The maximum absolute atomic E-state index is 10.1. The van der Waals surface area contributed by atoms with Crippen molar-refractivity contribution in [3.63, 3.8) is 0 Å². The second kappa shape index (κ2) is 7.36. The topological polar surface area (TPSA) is 20.2 Å². The third kappa shape index (κ3) is 3.39. The van der Waals surface area contributed by atoms with Gasteiger partial charge in [0, 0.05) is 0 Å². The molecule has 0 aromatic heterocycles. The van der Waals surface area contributed by atoms with Gasteiger partial charge in [-0.25, -0.2) is 0 Å². The van der Waals surface area contributed by atoms with Gasteiger partial charge >= 0.3 is 0 Å². The maximum atomic E-state index is 10.1. The summed E-state index contributed by atoms with van der Waals surface area (Å²) in [5.74, 6) is 3.07. The first kappa shape index (κ1) is 18.2. The van der Waals surface area contributed by atoms with Gasteiger partial charge in [-0.05, 0) is 80.5 Å². The molecular formula is C23H38O. The SMILES string of the molecule is CC[C@H](C)C1CC[C@H]2/C(=C/C=C3/CC[C@H](C)[C@H](O)C3)CCC[C@]12C. The summed E-state index contributed by atoms with van der Waals surface area (Å²) < 4.78 is 0. The molecule has 1 N–H and O–H groups in total. The van der Waals surface area contributed by atoms with Gasteiger partial charge in [0.25, 0.3) is 0 Å². The minimum absolute atomic E-state index is 0.124. The van der Waals surface area contributed by atoms with Crippen LogP contribution in [0.1, 0.15) is 85.5 Å². The van der Waals surface area contributed by atoms with Gasteiger partial charge in [-0.15, -0.1) is 0 Å². The molecule has 6 atom stereocenters. The van der Waals surface area contributed by atoms with E-state index in [-0.39, 0.29) is 6.10 Å². The zero-order valence-corrected chi connectivity index (χ0v) is 16.4. The molecule has 0 aromatic carbocycles. The van der Waals surface area contributed by atoms with Crippen LogP contribution in [0.3, 0.4) is 0 Å². The van der Waals surface area contributed by atoms with E-state index in [0.29, 0.717) is 11.3 Å². The molecule has 0 spiro atoms. The van der Waals surface area contributed by atoms with E-state index in [2.05, 4.69) is 39.8 Å². The largest absolute Gasteiger partial charge is 0.393 e. The summed E-state index contributed by atoms with van der Waals surface area (Å²) in [6.07, 6.45) is 16.2. The molecule has 24 heavy (non-hydrogen) atoms. The van der Waals surface area contributed by atoms with Crippen molar-refractivity contribution in [1.29, 1.82) is 0 Å². The number of allylic oxidation sites excluding steroid dienone is 3. The highest BCUT2D eigenvalue weighted by Gasteiger charge is 2.50. The van der Waals surface area contributed by atoms with Crippen molar-refractivity contribution in [2.45, 2.75) is 91.6 Å². The minimum atomic E-state index is -0.124. The number of hydrogen-bond acceptors (Lipinski definition) is 1. The van der Waals surface area contributed by atoms with Gasteiger partial charge in [0.15, 0.2) is 0 Å². The molecule has 0 amide bonds. The van der Waals surface area contributed by atoms with E-state index >= 15 is 0 Å². The van der Waals surface area contributed by atoms with Crippen LogP contribution in [0.15, 0.2) is 23.3 Å². The van der Waals surface area contributed by atoms with E-state index in [4.69, 9.17) is 0 Å². The Balaban J connectivity index is 1.75. The summed E-state index contributed by atoms with van der Waals surface area (Å²) in [7, 11) is 0. The van der Waals surface area contributed by atoms with Crippen molar-refractivity contribution in [2.75, 3.05) is 0 Å². The van der Waals surface area contributed by atoms with Crippen LogP contribution in [0.5, 0.6) is 0 Å². The number of hydrogen-bond donors (Lipinski definition) is 1. The fourth-order valence-corrected chi connectivity index (χ4v) is 6.05. The van der Waals surface area contributed by atoms with Gasteiger partial charge in [0.2, 0.25) is 0 Å². The van der Waals surface area contributed by atoms with Crippen molar-refractivity contribution >= 4 is 0 Å². The second-order valence-electron chi connectivity index (χ2n) is 9.34. The molecular weight excluding hydrogens is 292 g/mol. The molecule has 3 rings (SSSR count). The van der Waals surface area contributed by atoms with Gasteiger partial charge in [-0.2, -0.15) is 0 Å². The molecule has 136 valence electrons. The van der Waals surface area contributed by atoms with Gasteiger partial charge in [-0.3, -0.25) is 0 Å². The van der Waals surface area contributed by atoms with Crippen molar-refractivity contribution in [1.82, 2.24) is 0 Å². The van der Waals surface area contributed by atoms with Crippen LogP contribution in [-0.2, 0) is 0 Å². The molecule has 0 heterocycles. The Morgan fingerprint density at radius 3 is 2.71 bits per heavy atom. The number of aliphatic hydroxyl groups excluding tert-OH is 1. The van der Waals surface area contributed by atoms with Gasteiger partial charge in [-0.1, -0.05) is 57.4 Å². The second-order valence-corrected chi connectivity index (χ2v) is 9.34. The Morgan fingerprint density at radius 1 is 1.21 bits per heavy atom. The standard InChI is InChI=1S/C23H38O/c1-5-16(2)20-12-13-21-19(7-6-14-23(20,21)4)11-10-18-9-8-17(3)22(24)15-18/h10-11,16-17,20-22,24H,5-9,12-15H2,1-4H3/b18-10-,19-11+/t16-,17-,20?,21-,22+,23+/m0/s1. The van der Waals surface area contributed by atoms with E-state index in [1.165, 1.54) is 50.5 Å². The summed E-state index contributed by atoms with van der Waals surface area (Å²) >= 11 is 0. The van der Waals surface area contributed by atoms with Crippen LogP contribution in [0.2, 0.25) is 0 Å². The average Bonchev–Trinajstić information content (AvgIpc) is 2.92. The summed E-state index contributed by atoms with van der Waals surface area (Å²) in [6, 6.07) is 0. The molecule has 1 unspecified atom stereocenters. The normalized spacial score (nSPS) is 44.7. The molecule has 0 saturated heterocycles. The zero-order chi connectivity index (χ0) is 17.3. The number of aliphatic hydroxyl groups is 1. The molecule has 3 aliphatic rings. The predicted octanol–water partition coefficient (Wildman–Crippen LogP) is 6.28. The van der Waals surface area contributed by atoms with Crippen LogP contribution in [0, 0.1) is 29.1 Å². The summed E-state index contributed by atoms with van der Waals surface area (Å²) in [4.78, 5) is 0. The first-order valence-electron chi connectivity index (χ1n) is 10.5. The Morgan fingerprint density at radius 2 is 2.00 bits per heavy atom. The van der Waals surface area contributed by atoms with Gasteiger partial charge < -0.3 is 5.11 Å². The molecule has 3 saturated carbocycles. The molecule has 3 aliphatic carbocycles. The Hall–Kier alpha value is -0.560. The van der Waals surface area contributed by atoms with Crippen LogP contribution in [0.4, 0.5) is 0 Å². The van der Waals surface area contributed by atoms with E-state index in [9.17, 15) is 5.11 Å². The lowest BCUT2D eigenvalue weighted by Crippen LogP contribution is -2.35. The predicted molar refractivity (Wildman–Crippen MR) is 103 cm³/mol. The average molecular weight is 331 g/mol. The lowest BCUT2D eigenvalue weighted by molar-refractivity contribution is 0.0957. The van der Waals surface area contributed by atoms with Crippen LogP contribution < -0.4 is 0 Å². The zero-order valence-electron chi connectivity index (χ0n) is 16.4. The van der Waals surface area contributed by atoms with Crippen molar-refractivity contribution in [2.24, 2.45) is 29.1 Å². The third-order valence-corrected chi connectivity index (χ3v) is 7.95. The van der Waals surface area contributed by atoms with Gasteiger partial charge in [0.1, 0.15) is 0 Å². The molecule has 1 heteroatoms. The summed E-state index contributed by atoms with van der Waals surface area (Å²) in [5.41, 5.74) is 3.73. The van der Waals surface area contributed by atoms with Crippen molar-refractivity contribution < 1.29 is 5.11 Å². The lowest BCUT2D eigenvalue weighted by atomic mass is 9.61. The highest BCUT2D eigenvalue weighted by Crippen LogP contribution is 2.59. The quantitative estimate of drug-likeness (QED) is 0.645. The number of fused-ring (bicyclic) bond motifs is 1. The minimum Gasteiger partial charge on any atom is -0.393 e. The lowest BCUT2D eigenvalue weighted by Gasteiger charge is -2.44. The highest BCUT2D eigenvalue weighted by atomic mass is 16.3. The van der Waals surface area contributed by atoms with E-state index in [0.717, 1.165) is 30.6 Å². The Kier molecular flexibility index (Phi) is 5.59. The van der Waals surface area contributed by atoms with Gasteiger partial charge in [0.05, 0.1) is 6.10 Å². The fourth-order valence-electron chi connectivity index (χ4n) is 6.05. The third-order valence-electron chi connectivity index (χ3n) is 7.95. The monoisotopic (exact) mass is 330 g/mol. The molecule has 0 bridgehead atoms. The molecule has 0 radical (unpaired) electrons. The van der Waals surface area contributed by atoms with Crippen LogP contribution in [0.25, 0.3) is 0 Å². The molecule has 0 aliphatic heterocycles. The van der Waals surface area contributed by atoms with E-state index < -0.39 is 0 Å². The van der Waals surface area contributed by atoms with Crippen LogP contribution >= 0.6 is 0 Å². The van der Waals surface area contributed by atoms with Crippen molar-refractivity contribution in [3.8, 4) is 0 Å². The van der Waals surface area contributed by atoms with Crippen molar-refractivity contribution in [3.05, 3.63) is 23.3 Å². The van der Waals surface area contributed by atoms with Crippen LogP contribution in [-0.4, -0.2) is 11.2 Å². The Labute approximate surface area is 149 Å². The van der Waals surface area contributed by atoms with E-state index in [1.54, 1.807) is 5.57 Å². The Bertz CT molecular complexity index is 502. The first-order chi connectivity index (χ1) is 11.5. The summed E-state index contributed by atoms with van der Waals surface area (Å²) in [6.45, 7) is 9.61. The van der Waals surface area contributed by atoms with E-state index in [1.807, 2.05) is 0 Å². The first-order valence-corrected chi connectivity index (χ1v) is 10.5. The maximum Gasteiger partial charge on any atom is 0.0603 e. The fraction of sp³-hybridized carbons (Fsp3) is 0.826. The number of rotatable bonds is 3. The molecule has 1 nitrogen and oxygen atoms in total. The highest BCUT2D eigenvalue weighted by molar-refractivity contribution is 5.26. The smallest absolute Gasteiger partial charge is 0.0603 e. The molecule has 3 fully saturated rings. The summed E-state index contributed by atoms with van der Waals surface area (Å²) in [5, 5.41) is 10.1. The molecule has 0 aromatic rings.